The molecule has 1 aliphatic rings. The van der Waals surface area contributed by atoms with Crippen LogP contribution in [0, 0.1) is 6.92 Å². The van der Waals surface area contributed by atoms with Gasteiger partial charge >= 0.3 is 0 Å². The van der Waals surface area contributed by atoms with E-state index in [1.165, 1.54) is 11.3 Å². The molecule has 0 saturated carbocycles. The van der Waals surface area contributed by atoms with Crippen LogP contribution in [0.4, 0.5) is 10.8 Å². The number of hydrogen-bond acceptors (Lipinski definition) is 5. The summed E-state index contributed by atoms with van der Waals surface area (Å²) in [6.45, 7) is 5.45. The van der Waals surface area contributed by atoms with E-state index in [0.717, 1.165) is 58.9 Å². The lowest BCUT2D eigenvalue weighted by Crippen LogP contribution is -2.46. The molecule has 110 valence electrons. The smallest absolute Gasteiger partial charge is 0.186 e. The number of nitrogens with zero attached hydrogens (tertiary/aromatic N) is 3. The molecule has 0 amide bonds. The molecule has 3 rings (SSSR count). The highest BCUT2D eigenvalue weighted by Crippen LogP contribution is 2.29. The van der Waals surface area contributed by atoms with E-state index in [-0.39, 0.29) is 0 Å². The van der Waals surface area contributed by atoms with E-state index in [4.69, 9.17) is 11.6 Å². The van der Waals surface area contributed by atoms with Gasteiger partial charge < -0.3 is 9.80 Å². The highest BCUT2D eigenvalue weighted by atomic mass is 35.5. The van der Waals surface area contributed by atoms with Crippen molar-refractivity contribution in [1.82, 2.24) is 4.98 Å². The lowest BCUT2D eigenvalue weighted by atomic mass is 10.2. The van der Waals surface area contributed by atoms with E-state index in [0.29, 0.717) is 0 Å². The second-order valence-electron chi connectivity index (χ2n) is 4.99. The van der Waals surface area contributed by atoms with Crippen LogP contribution in [0.1, 0.15) is 15.4 Å². The number of hydrogen-bond donors (Lipinski definition) is 0. The summed E-state index contributed by atoms with van der Waals surface area (Å²) in [4.78, 5) is 20.7. The average molecular weight is 322 g/mol. The highest BCUT2D eigenvalue weighted by molar-refractivity contribution is 7.17. The monoisotopic (exact) mass is 321 g/mol. The van der Waals surface area contributed by atoms with Crippen LogP contribution >= 0.6 is 22.9 Å². The number of para-hydroxylation sites is 1. The first-order valence-corrected chi connectivity index (χ1v) is 8.05. The van der Waals surface area contributed by atoms with E-state index in [1.54, 1.807) is 0 Å². The third-order valence-corrected chi connectivity index (χ3v) is 5.13. The number of thiazole rings is 1. The van der Waals surface area contributed by atoms with E-state index in [9.17, 15) is 4.79 Å². The van der Waals surface area contributed by atoms with Crippen molar-refractivity contribution in [3.63, 3.8) is 0 Å². The molecule has 4 nitrogen and oxygen atoms in total. The molecule has 6 heteroatoms. The van der Waals surface area contributed by atoms with Crippen LogP contribution in [0.5, 0.6) is 0 Å². The summed E-state index contributed by atoms with van der Waals surface area (Å²) >= 11 is 7.72. The van der Waals surface area contributed by atoms with Gasteiger partial charge in [-0.2, -0.15) is 0 Å². The van der Waals surface area contributed by atoms with E-state index < -0.39 is 0 Å². The van der Waals surface area contributed by atoms with Crippen LogP contribution in [0.15, 0.2) is 24.3 Å². The molecule has 2 heterocycles. The zero-order valence-corrected chi connectivity index (χ0v) is 13.3. The predicted molar refractivity (Wildman–Crippen MR) is 88.1 cm³/mol. The van der Waals surface area contributed by atoms with Gasteiger partial charge in [-0.05, 0) is 19.1 Å². The first kappa shape index (κ1) is 14.4. The number of carbonyl (C=O) groups excluding carboxylic acids is 1. The van der Waals surface area contributed by atoms with Crippen molar-refractivity contribution in [1.29, 1.82) is 0 Å². The van der Waals surface area contributed by atoms with Crippen LogP contribution < -0.4 is 9.80 Å². The Morgan fingerprint density at radius 1 is 1.19 bits per heavy atom. The van der Waals surface area contributed by atoms with Gasteiger partial charge in [-0.25, -0.2) is 4.98 Å². The lowest BCUT2D eigenvalue weighted by molar-refractivity contribution is 0.112. The van der Waals surface area contributed by atoms with Gasteiger partial charge in [-0.15, -0.1) is 0 Å². The second kappa shape index (κ2) is 6.03. The number of carbonyl (C=O) groups is 1. The summed E-state index contributed by atoms with van der Waals surface area (Å²) in [5.74, 6) is 0. The molecule has 0 aliphatic carbocycles. The third-order valence-electron chi connectivity index (χ3n) is 3.67. The molecule has 21 heavy (non-hydrogen) atoms. The van der Waals surface area contributed by atoms with Gasteiger partial charge in [0.2, 0.25) is 0 Å². The van der Waals surface area contributed by atoms with Crippen LogP contribution in [0.3, 0.4) is 0 Å². The van der Waals surface area contributed by atoms with Gasteiger partial charge in [0.25, 0.3) is 0 Å². The minimum Gasteiger partial charge on any atom is -0.367 e. The molecule has 1 fully saturated rings. The Bertz CT molecular complexity index is 650. The zero-order chi connectivity index (χ0) is 14.8. The molecule has 0 spiro atoms. The molecule has 0 atom stereocenters. The van der Waals surface area contributed by atoms with Crippen LogP contribution in [0.2, 0.25) is 5.02 Å². The molecule has 2 aromatic rings. The van der Waals surface area contributed by atoms with E-state index in [2.05, 4.69) is 20.9 Å². The molecular weight excluding hydrogens is 306 g/mol. The summed E-state index contributed by atoms with van der Waals surface area (Å²) in [5.41, 5.74) is 1.90. The molecule has 0 unspecified atom stereocenters. The first-order chi connectivity index (χ1) is 10.2. The number of aldehydes is 1. The maximum absolute atomic E-state index is 10.9. The lowest BCUT2D eigenvalue weighted by Gasteiger charge is -2.36. The Morgan fingerprint density at radius 3 is 2.48 bits per heavy atom. The first-order valence-electron chi connectivity index (χ1n) is 6.86. The second-order valence-corrected chi connectivity index (χ2v) is 6.41. The Balaban J connectivity index is 1.70. The standard InChI is InChI=1S/C15H16ClN3OS/c1-11-14(10-20)21-15(17-11)19-8-6-18(7-9-19)13-5-3-2-4-12(13)16/h2-5,10H,6-9H2,1H3. The van der Waals surface area contributed by atoms with Crippen molar-refractivity contribution in [3.8, 4) is 0 Å². The van der Waals surface area contributed by atoms with Gasteiger partial charge in [0.1, 0.15) is 0 Å². The van der Waals surface area contributed by atoms with E-state index in [1.807, 2.05) is 25.1 Å². The third kappa shape index (κ3) is 2.89. The summed E-state index contributed by atoms with van der Waals surface area (Å²) in [6, 6.07) is 7.93. The van der Waals surface area contributed by atoms with Crippen LogP contribution in [-0.2, 0) is 0 Å². The van der Waals surface area contributed by atoms with Crippen LogP contribution in [-0.4, -0.2) is 37.4 Å². The summed E-state index contributed by atoms with van der Waals surface area (Å²) in [7, 11) is 0. The Hall–Kier alpha value is -1.59. The molecule has 1 aromatic heterocycles. The molecule has 0 bridgehead atoms. The van der Waals surface area contributed by atoms with Crippen molar-refractivity contribution in [2.75, 3.05) is 36.0 Å². The van der Waals surface area contributed by atoms with Crippen molar-refractivity contribution < 1.29 is 4.79 Å². The summed E-state index contributed by atoms with van der Waals surface area (Å²) in [5, 5.41) is 1.73. The van der Waals surface area contributed by atoms with Crippen molar-refractivity contribution in [2.24, 2.45) is 0 Å². The normalized spacial score (nSPS) is 15.3. The Labute approximate surface area is 133 Å². The van der Waals surface area contributed by atoms with Crippen molar-refractivity contribution in [2.45, 2.75) is 6.92 Å². The fourth-order valence-electron chi connectivity index (χ4n) is 2.49. The summed E-state index contributed by atoms with van der Waals surface area (Å²) in [6.07, 6.45) is 0.885. The fraction of sp³-hybridized carbons (Fsp3) is 0.333. The quantitative estimate of drug-likeness (QED) is 0.813. The van der Waals surface area contributed by atoms with Crippen molar-refractivity contribution >= 4 is 40.0 Å². The Kier molecular flexibility index (Phi) is 4.12. The average Bonchev–Trinajstić information content (AvgIpc) is 2.89. The number of aryl methyl sites for hydroxylation is 1. The number of benzene rings is 1. The van der Waals surface area contributed by atoms with Gasteiger partial charge in [0.15, 0.2) is 11.4 Å². The van der Waals surface area contributed by atoms with Gasteiger partial charge in [0, 0.05) is 26.2 Å². The molecule has 0 radical (unpaired) electrons. The summed E-state index contributed by atoms with van der Waals surface area (Å²) < 4.78 is 0. The number of piperazine rings is 1. The minimum absolute atomic E-state index is 0.721. The fourth-order valence-corrected chi connectivity index (χ4v) is 3.67. The number of halogens is 1. The maximum Gasteiger partial charge on any atom is 0.186 e. The van der Waals surface area contributed by atoms with Gasteiger partial charge in [0.05, 0.1) is 21.3 Å². The molecule has 1 aromatic carbocycles. The minimum atomic E-state index is 0.721. The van der Waals surface area contributed by atoms with Gasteiger partial charge in [-0.3, -0.25) is 4.79 Å². The maximum atomic E-state index is 10.9. The molecular formula is C15H16ClN3OS. The Morgan fingerprint density at radius 2 is 1.86 bits per heavy atom. The zero-order valence-electron chi connectivity index (χ0n) is 11.8. The van der Waals surface area contributed by atoms with E-state index >= 15 is 0 Å². The van der Waals surface area contributed by atoms with Crippen molar-refractivity contribution in [3.05, 3.63) is 39.9 Å². The number of rotatable bonds is 3. The largest absolute Gasteiger partial charge is 0.367 e. The highest BCUT2D eigenvalue weighted by Gasteiger charge is 2.21. The SMILES string of the molecule is Cc1nc(N2CCN(c3ccccc3Cl)CC2)sc1C=O. The number of aromatic nitrogens is 1. The van der Waals surface area contributed by atoms with Gasteiger partial charge in [-0.1, -0.05) is 35.1 Å². The molecule has 1 aliphatic heterocycles. The molecule has 0 N–H and O–H groups in total. The molecule has 1 saturated heterocycles. The topological polar surface area (TPSA) is 36.4 Å². The van der Waals surface area contributed by atoms with Crippen LogP contribution in [0.25, 0.3) is 0 Å². The number of anilines is 2. The predicted octanol–water partition coefficient (Wildman–Crippen LogP) is 3.24.